The average Bonchev–Trinajstić information content (AvgIpc) is 2.59. The first kappa shape index (κ1) is 18.8. The maximum absolute atomic E-state index is 11.8. The Kier molecular flexibility index (Phi) is 6.80. The van der Waals surface area contributed by atoms with E-state index in [1.807, 2.05) is 6.92 Å². The van der Waals surface area contributed by atoms with Crippen molar-refractivity contribution in [3.05, 3.63) is 58.1 Å². The summed E-state index contributed by atoms with van der Waals surface area (Å²) in [6.07, 6.45) is 1.34. The average molecular weight is 380 g/mol. The molecule has 0 bridgehead atoms. The Hall–Kier alpha value is -2.57. The van der Waals surface area contributed by atoms with E-state index in [4.69, 9.17) is 27.9 Å². The molecule has 2 amide bonds. The lowest BCUT2D eigenvalue weighted by Gasteiger charge is -2.07. The van der Waals surface area contributed by atoms with Crippen molar-refractivity contribution in [3.8, 4) is 5.75 Å². The number of nitrogens with zero attached hydrogens (tertiary/aromatic N) is 1. The van der Waals surface area contributed by atoms with Crippen LogP contribution in [0.2, 0.25) is 10.0 Å². The van der Waals surface area contributed by atoms with E-state index in [-0.39, 0.29) is 0 Å². The number of halogens is 2. The zero-order chi connectivity index (χ0) is 18.2. The maximum atomic E-state index is 11.8. The van der Waals surface area contributed by atoms with E-state index in [9.17, 15) is 9.59 Å². The number of benzene rings is 2. The van der Waals surface area contributed by atoms with Crippen LogP contribution in [0.5, 0.6) is 5.75 Å². The first-order valence-corrected chi connectivity index (χ1v) is 8.08. The summed E-state index contributed by atoms with van der Waals surface area (Å²) >= 11 is 11.8. The fourth-order valence-electron chi connectivity index (χ4n) is 1.86. The number of para-hydroxylation sites is 1. The summed E-state index contributed by atoms with van der Waals surface area (Å²) in [6, 6.07) is 11.6. The lowest BCUT2D eigenvalue weighted by molar-refractivity contribution is -0.136. The molecule has 8 heteroatoms. The molecule has 2 rings (SSSR count). The predicted molar refractivity (Wildman–Crippen MR) is 98.4 cm³/mol. The van der Waals surface area contributed by atoms with Crippen molar-refractivity contribution >= 4 is 46.9 Å². The summed E-state index contributed by atoms with van der Waals surface area (Å²) in [5.74, 6) is -1.26. The molecule has 0 aliphatic carbocycles. The molecule has 25 heavy (non-hydrogen) atoms. The summed E-state index contributed by atoms with van der Waals surface area (Å²) in [5, 5.41) is 6.97. The van der Waals surface area contributed by atoms with Crippen molar-refractivity contribution in [1.82, 2.24) is 5.43 Å². The predicted octanol–water partition coefficient (Wildman–Crippen LogP) is 3.48. The summed E-state index contributed by atoms with van der Waals surface area (Å²) in [4.78, 5) is 23.6. The highest BCUT2D eigenvalue weighted by molar-refractivity contribution is 6.41. The molecule has 0 aromatic heterocycles. The van der Waals surface area contributed by atoms with Crippen LogP contribution in [0.15, 0.2) is 47.6 Å². The summed E-state index contributed by atoms with van der Waals surface area (Å²) in [5.41, 5.74) is 3.04. The second kappa shape index (κ2) is 9.05. The van der Waals surface area contributed by atoms with Gasteiger partial charge in [-0.15, -0.1) is 0 Å². The first-order chi connectivity index (χ1) is 12.0. The topological polar surface area (TPSA) is 79.8 Å². The number of hydrazone groups is 1. The van der Waals surface area contributed by atoms with Crippen LogP contribution in [-0.4, -0.2) is 24.6 Å². The monoisotopic (exact) mass is 379 g/mol. The van der Waals surface area contributed by atoms with Crippen LogP contribution in [0.4, 0.5) is 5.69 Å². The molecule has 0 spiro atoms. The number of ether oxygens (including phenoxy) is 1. The van der Waals surface area contributed by atoms with Crippen LogP contribution >= 0.6 is 23.2 Å². The van der Waals surface area contributed by atoms with Gasteiger partial charge in [0.05, 0.1) is 23.5 Å². The molecule has 0 radical (unpaired) electrons. The van der Waals surface area contributed by atoms with E-state index in [2.05, 4.69) is 15.8 Å². The number of rotatable bonds is 5. The molecule has 0 fully saturated rings. The Balaban J connectivity index is 1.99. The zero-order valence-corrected chi connectivity index (χ0v) is 14.8. The molecule has 0 unspecified atom stereocenters. The smallest absolute Gasteiger partial charge is 0.329 e. The molecule has 6 nitrogen and oxygen atoms in total. The Labute approximate surface area is 154 Å². The molecule has 0 heterocycles. The molecule has 2 aromatic rings. The summed E-state index contributed by atoms with van der Waals surface area (Å²) < 4.78 is 5.43. The number of carbonyl (C=O) groups is 2. The molecule has 2 N–H and O–H groups in total. The van der Waals surface area contributed by atoms with E-state index in [0.717, 1.165) is 0 Å². The van der Waals surface area contributed by atoms with Crippen LogP contribution in [0.3, 0.4) is 0 Å². The van der Waals surface area contributed by atoms with Crippen molar-refractivity contribution in [1.29, 1.82) is 0 Å². The largest absolute Gasteiger partial charge is 0.493 e. The maximum Gasteiger partial charge on any atom is 0.329 e. The number of anilines is 1. The molecule has 0 saturated heterocycles. The number of carbonyl (C=O) groups excluding carboxylic acids is 2. The Morgan fingerprint density at radius 3 is 2.64 bits per heavy atom. The third-order valence-electron chi connectivity index (χ3n) is 2.97. The van der Waals surface area contributed by atoms with Crippen LogP contribution in [0, 0.1) is 0 Å². The second-order valence-electron chi connectivity index (χ2n) is 4.75. The van der Waals surface area contributed by atoms with Crippen molar-refractivity contribution < 1.29 is 14.3 Å². The van der Waals surface area contributed by atoms with Crippen LogP contribution in [-0.2, 0) is 9.59 Å². The van der Waals surface area contributed by atoms with Gasteiger partial charge in [-0.2, -0.15) is 5.10 Å². The second-order valence-corrected chi connectivity index (χ2v) is 5.59. The van der Waals surface area contributed by atoms with Gasteiger partial charge in [-0.3, -0.25) is 9.59 Å². The Morgan fingerprint density at radius 1 is 1.16 bits per heavy atom. The normalized spacial score (nSPS) is 10.5. The minimum Gasteiger partial charge on any atom is -0.493 e. The van der Waals surface area contributed by atoms with Gasteiger partial charge in [0.2, 0.25) is 0 Å². The quantitative estimate of drug-likeness (QED) is 0.474. The standard InChI is InChI=1S/C17H15Cl2N3O3/c1-2-25-15-8-7-12(18)9-11(15)10-20-22-17(24)16(23)21-14-6-4-3-5-13(14)19/h3-10H,2H2,1H3,(H,21,23)(H,22,24)/b20-10-. The SMILES string of the molecule is CCOc1ccc(Cl)cc1/C=N\NC(=O)C(=O)Nc1ccccc1Cl. The van der Waals surface area contributed by atoms with Crippen LogP contribution < -0.4 is 15.5 Å². The van der Waals surface area contributed by atoms with E-state index >= 15 is 0 Å². The molecule has 0 aliphatic rings. The van der Waals surface area contributed by atoms with Gasteiger partial charge in [0.15, 0.2) is 0 Å². The van der Waals surface area contributed by atoms with Crippen molar-refractivity contribution in [2.24, 2.45) is 5.10 Å². The first-order valence-electron chi connectivity index (χ1n) is 7.32. The van der Waals surface area contributed by atoms with E-state index in [1.165, 1.54) is 6.21 Å². The summed E-state index contributed by atoms with van der Waals surface area (Å²) in [7, 11) is 0. The minimum absolute atomic E-state index is 0.326. The lowest BCUT2D eigenvalue weighted by atomic mass is 10.2. The zero-order valence-electron chi connectivity index (χ0n) is 13.3. The van der Waals surface area contributed by atoms with Gasteiger partial charge in [-0.25, -0.2) is 5.43 Å². The van der Waals surface area contributed by atoms with E-state index in [1.54, 1.807) is 42.5 Å². The van der Waals surface area contributed by atoms with Gasteiger partial charge in [0.1, 0.15) is 5.75 Å². The Bertz CT molecular complexity index is 809. The lowest BCUT2D eigenvalue weighted by Crippen LogP contribution is -2.32. The van der Waals surface area contributed by atoms with Gasteiger partial charge in [-0.1, -0.05) is 35.3 Å². The molecule has 0 atom stereocenters. The van der Waals surface area contributed by atoms with Crippen molar-refractivity contribution in [2.75, 3.05) is 11.9 Å². The van der Waals surface area contributed by atoms with E-state index < -0.39 is 11.8 Å². The molecular weight excluding hydrogens is 365 g/mol. The van der Waals surface area contributed by atoms with Crippen LogP contribution in [0.25, 0.3) is 0 Å². The molecule has 2 aromatic carbocycles. The third-order valence-corrected chi connectivity index (χ3v) is 3.53. The number of hydrogen-bond acceptors (Lipinski definition) is 4. The Morgan fingerprint density at radius 2 is 1.92 bits per heavy atom. The summed E-state index contributed by atoms with van der Waals surface area (Å²) in [6.45, 7) is 2.31. The number of nitrogens with one attached hydrogen (secondary N) is 2. The third kappa shape index (κ3) is 5.48. The number of hydrogen-bond donors (Lipinski definition) is 2. The van der Waals surface area contributed by atoms with Gasteiger partial charge >= 0.3 is 11.8 Å². The minimum atomic E-state index is -0.934. The van der Waals surface area contributed by atoms with Crippen LogP contribution in [0.1, 0.15) is 12.5 Å². The highest BCUT2D eigenvalue weighted by Gasteiger charge is 2.14. The molecule has 0 saturated carbocycles. The van der Waals surface area contributed by atoms with Gasteiger partial charge in [0.25, 0.3) is 0 Å². The highest BCUT2D eigenvalue weighted by Crippen LogP contribution is 2.21. The molecular formula is C17H15Cl2N3O3. The van der Waals surface area contributed by atoms with Crippen molar-refractivity contribution in [3.63, 3.8) is 0 Å². The fourth-order valence-corrected chi connectivity index (χ4v) is 2.22. The highest BCUT2D eigenvalue weighted by atomic mass is 35.5. The van der Waals surface area contributed by atoms with Gasteiger partial charge in [0, 0.05) is 10.6 Å². The van der Waals surface area contributed by atoms with Gasteiger partial charge < -0.3 is 10.1 Å². The molecule has 0 aliphatic heterocycles. The van der Waals surface area contributed by atoms with E-state index in [0.29, 0.717) is 33.7 Å². The number of amides is 2. The fraction of sp³-hybridized carbons (Fsp3) is 0.118. The van der Waals surface area contributed by atoms with Gasteiger partial charge in [-0.05, 0) is 37.3 Å². The molecule has 130 valence electrons. The van der Waals surface area contributed by atoms with Crippen molar-refractivity contribution in [2.45, 2.75) is 6.92 Å².